The Balaban J connectivity index is 0.00000324. The Kier molecular flexibility index (Phi) is 9.40. The maximum Gasteiger partial charge on any atom is 0.234 e. The van der Waals surface area contributed by atoms with Crippen molar-refractivity contribution in [1.82, 2.24) is 10.2 Å². The number of nitrogens with one attached hydrogen (secondary N) is 1. The number of piperidine rings is 1. The largest absolute Gasteiger partial charge is 0.352 e. The fourth-order valence-corrected chi connectivity index (χ4v) is 2.44. The highest BCUT2D eigenvalue weighted by molar-refractivity contribution is 5.85. The molecule has 114 valence electrons. The van der Waals surface area contributed by atoms with Gasteiger partial charge in [0, 0.05) is 12.1 Å². The number of amides is 1. The van der Waals surface area contributed by atoms with Gasteiger partial charge in [-0.2, -0.15) is 0 Å². The van der Waals surface area contributed by atoms with E-state index in [1.165, 1.54) is 19.3 Å². The first-order valence-electron chi connectivity index (χ1n) is 7.28. The van der Waals surface area contributed by atoms with Crippen molar-refractivity contribution in [3.05, 3.63) is 0 Å². The van der Waals surface area contributed by atoms with Crippen molar-refractivity contribution >= 4 is 18.3 Å². The van der Waals surface area contributed by atoms with Gasteiger partial charge in [0.15, 0.2) is 0 Å². The van der Waals surface area contributed by atoms with E-state index in [0.717, 1.165) is 13.0 Å². The molecule has 3 N–H and O–H groups in total. The number of carbonyl (C=O) groups excluding carboxylic acids is 1. The third-order valence-electron chi connectivity index (χ3n) is 3.98. The standard InChI is InChI=1S/C14H29N3O.ClH/c1-11(2)12(3)16-14(18)10-17-9-5-4-6-13(17)7-8-15;/h11-13H,4-10,15H2,1-3H3,(H,16,18);1H. The average molecular weight is 292 g/mol. The zero-order chi connectivity index (χ0) is 13.5. The van der Waals surface area contributed by atoms with Crippen LogP contribution in [-0.4, -0.2) is 42.5 Å². The number of hydrogen-bond acceptors (Lipinski definition) is 3. The van der Waals surface area contributed by atoms with Crippen LogP contribution in [0.5, 0.6) is 0 Å². The van der Waals surface area contributed by atoms with Gasteiger partial charge in [-0.3, -0.25) is 9.69 Å². The molecule has 1 aliphatic heterocycles. The minimum absolute atomic E-state index is 0. The minimum Gasteiger partial charge on any atom is -0.352 e. The molecule has 0 aromatic rings. The van der Waals surface area contributed by atoms with Gasteiger partial charge in [-0.15, -0.1) is 12.4 Å². The lowest BCUT2D eigenvalue weighted by Crippen LogP contribution is -2.48. The van der Waals surface area contributed by atoms with Gasteiger partial charge in [0.05, 0.1) is 6.54 Å². The van der Waals surface area contributed by atoms with E-state index in [1.54, 1.807) is 0 Å². The Hall–Kier alpha value is -0.320. The lowest BCUT2D eigenvalue weighted by molar-refractivity contribution is -0.124. The second-order valence-electron chi connectivity index (χ2n) is 5.80. The Labute approximate surface area is 123 Å². The van der Waals surface area contributed by atoms with E-state index >= 15 is 0 Å². The highest BCUT2D eigenvalue weighted by atomic mass is 35.5. The van der Waals surface area contributed by atoms with Gasteiger partial charge in [-0.1, -0.05) is 20.3 Å². The van der Waals surface area contributed by atoms with E-state index in [4.69, 9.17) is 5.73 Å². The lowest BCUT2D eigenvalue weighted by Gasteiger charge is -2.35. The van der Waals surface area contributed by atoms with Crippen molar-refractivity contribution in [3.63, 3.8) is 0 Å². The van der Waals surface area contributed by atoms with Gasteiger partial charge in [0.2, 0.25) is 5.91 Å². The van der Waals surface area contributed by atoms with Crippen molar-refractivity contribution in [3.8, 4) is 0 Å². The number of carbonyl (C=O) groups is 1. The second kappa shape index (κ2) is 9.56. The maximum atomic E-state index is 12.0. The number of likely N-dealkylation sites (tertiary alicyclic amines) is 1. The van der Waals surface area contributed by atoms with Gasteiger partial charge in [-0.05, 0) is 45.2 Å². The molecular formula is C14H30ClN3O. The predicted molar refractivity (Wildman–Crippen MR) is 82.6 cm³/mol. The van der Waals surface area contributed by atoms with Crippen molar-refractivity contribution in [2.75, 3.05) is 19.6 Å². The van der Waals surface area contributed by atoms with Gasteiger partial charge in [0.25, 0.3) is 0 Å². The SMILES string of the molecule is CC(C)C(C)NC(=O)CN1CCCCC1CCN.Cl. The zero-order valence-corrected chi connectivity index (χ0v) is 13.3. The molecule has 1 amide bonds. The number of hydrogen-bond donors (Lipinski definition) is 2. The van der Waals surface area contributed by atoms with E-state index in [-0.39, 0.29) is 24.4 Å². The van der Waals surface area contributed by atoms with Crippen molar-refractivity contribution in [2.24, 2.45) is 11.7 Å². The van der Waals surface area contributed by atoms with E-state index in [0.29, 0.717) is 25.0 Å². The highest BCUT2D eigenvalue weighted by Gasteiger charge is 2.24. The normalized spacial score (nSPS) is 21.8. The molecule has 4 nitrogen and oxygen atoms in total. The van der Waals surface area contributed by atoms with Crippen LogP contribution in [-0.2, 0) is 4.79 Å². The number of halogens is 1. The Morgan fingerprint density at radius 2 is 2.05 bits per heavy atom. The van der Waals surface area contributed by atoms with E-state index in [9.17, 15) is 4.79 Å². The summed E-state index contributed by atoms with van der Waals surface area (Å²) in [7, 11) is 0. The van der Waals surface area contributed by atoms with E-state index in [1.807, 2.05) is 0 Å². The van der Waals surface area contributed by atoms with Crippen LogP contribution in [0.3, 0.4) is 0 Å². The summed E-state index contributed by atoms with van der Waals surface area (Å²) in [6, 6.07) is 0.749. The third-order valence-corrected chi connectivity index (χ3v) is 3.98. The first kappa shape index (κ1) is 18.7. The molecule has 0 saturated carbocycles. The van der Waals surface area contributed by atoms with Crippen LogP contribution in [0, 0.1) is 5.92 Å². The van der Waals surface area contributed by atoms with Crippen LogP contribution in [0.25, 0.3) is 0 Å². The molecule has 0 spiro atoms. The molecular weight excluding hydrogens is 262 g/mol. The third kappa shape index (κ3) is 6.59. The molecule has 1 rings (SSSR count). The van der Waals surface area contributed by atoms with Crippen LogP contribution < -0.4 is 11.1 Å². The van der Waals surface area contributed by atoms with Crippen LogP contribution >= 0.6 is 12.4 Å². The molecule has 1 saturated heterocycles. The van der Waals surface area contributed by atoms with Gasteiger partial charge >= 0.3 is 0 Å². The summed E-state index contributed by atoms with van der Waals surface area (Å²) in [5.74, 6) is 0.635. The molecule has 0 aromatic heterocycles. The van der Waals surface area contributed by atoms with Crippen molar-refractivity contribution in [1.29, 1.82) is 0 Å². The number of rotatable bonds is 6. The highest BCUT2D eigenvalue weighted by Crippen LogP contribution is 2.18. The Morgan fingerprint density at radius 1 is 1.37 bits per heavy atom. The van der Waals surface area contributed by atoms with Crippen LogP contribution in [0.1, 0.15) is 46.5 Å². The van der Waals surface area contributed by atoms with Crippen LogP contribution in [0.2, 0.25) is 0 Å². The number of nitrogens with two attached hydrogens (primary N) is 1. The van der Waals surface area contributed by atoms with Gasteiger partial charge in [-0.25, -0.2) is 0 Å². The molecule has 1 heterocycles. The molecule has 0 radical (unpaired) electrons. The molecule has 5 heteroatoms. The van der Waals surface area contributed by atoms with Crippen molar-refractivity contribution < 1.29 is 4.79 Å². The molecule has 0 aliphatic carbocycles. The molecule has 0 aromatic carbocycles. The fourth-order valence-electron chi connectivity index (χ4n) is 2.44. The summed E-state index contributed by atoms with van der Waals surface area (Å²) >= 11 is 0. The predicted octanol–water partition coefficient (Wildman–Crippen LogP) is 1.77. The topological polar surface area (TPSA) is 58.4 Å². The smallest absolute Gasteiger partial charge is 0.234 e. The molecule has 2 unspecified atom stereocenters. The quantitative estimate of drug-likeness (QED) is 0.784. The molecule has 2 atom stereocenters. The minimum atomic E-state index is 0. The number of nitrogens with zero attached hydrogens (tertiary/aromatic N) is 1. The van der Waals surface area contributed by atoms with Crippen molar-refractivity contribution in [2.45, 2.75) is 58.5 Å². The van der Waals surface area contributed by atoms with Crippen LogP contribution in [0.15, 0.2) is 0 Å². The first-order chi connectivity index (χ1) is 8.54. The van der Waals surface area contributed by atoms with E-state index in [2.05, 4.69) is 31.0 Å². The summed E-state index contributed by atoms with van der Waals surface area (Å²) < 4.78 is 0. The average Bonchev–Trinajstić information content (AvgIpc) is 2.31. The van der Waals surface area contributed by atoms with Gasteiger partial charge < -0.3 is 11.1 Å². The molecule has 19 heavy (non-hydrogen) atoms. The van der Waals surface area contributed by atoms with E-state index < -0.39 is 0 Å². The molecule has 1 aliphatic rings. The summed E-state index contributed by atoms with van der Waals surface area (Å²) in [6.07, 6.45) is 4.66. The lowest BCUT2D eigenvalue weighted by atomic mass is 9.99. The van der Waals surface area contributed by atoms with Gasteiger partial charge in [0.1, 0.15) is 0 Å². The molecule has 0 bridgehead atoms. The van der Waals surface area contributed by atoms with Crippen LogP contribution in [0.4, 0.5) is 0 Å². The summed E-state index contributed by atoms with van der Waals surface area (Å²) in [5.41, 5.74) is 5.65. The monoisotopic (exact) mass is 291 g/mol. The maximum absolute atomic E-state index is 12.0. The zero-order valence-electron chi connectivity index (χ0n) is 12.5. The summed E-state index contributed by atoms with van der Waals surface area (Å²) in [6.45, 7) is 8.60. The summed E-state index contributed by atoms with van der Waals surface area (Å²) in [5, 5.41) is 3.08. The molecule has 1 fully saturated rings. The first-order valence-corrected chi connectivity index (χ1v) is 7.28. The second-order valence-corrected chi connectivity index (χ2v) is 5.80. The fraction of sp³-hybridized carbons (Fsp3) is 0.929. The summed E-state index contributed by atoms with van der Waals surface area (Å²) in [4.78, 5) is 14.3. The Bertz CT molecular complexity index is 259. The Morgan fingerprint density at radius 3 is 2.63 bits per heavy atom.